The number of nitrogens with zero attached hydrogens (tertiary/aromatic N) is 1. The van der Waals surface area contributed by atoms with Crippen molar-refractivity contribution in [3.8, 4) is 11.5 Å². The molecule has 27 heavy (non-hydrogen) atoms. The maximum Gasteiger partial charge on any atom is 0.255 e. The van der Waals surface area contributed by atoms with Crippen LogP contribution in [0.15, 0.2) is 54.7 Å². The summed E-state index contributed by atoms with van der Waals surface area (Å²) in [5, 5.41) is 3.96. The number of nitrogens with two attached hydrogens (primary N) is 1. The molecule has 0 unspecified atom stereocenters. The van der Waals surface area contributed by atoms with E-state index < -0.39 is 0 Å². The first-order chi connectivity index (χ1) is 13.2. The van der Waals surface area contributed by atoms with E-state index in [1.54, 1.807) is 31.5 Å². The zero-order valence-corrected chi connectivity index (χ0v) is 15.3. The number of pyridine rings is 1. The third-order valence-electron chi connectivity index (χ3n) is 4.14. The fraction of sp³-hybridized carbons (Fsp3) is 0.238. The number of aromatic nitrogens is 1. The van der Waals surface area contributed by atoms with Crippen LogP contribution in [0.25, 0.3) is 10.9 Å². The number of hydrogen-bond acceptors (Lipinski definition) is 5. The van der Waals surface area contributed by atoms with Crippen LogP contribution in [0.3, 0.4) is 0 Å². The second-order valence-electron chi connectivity index (χ2n) is 6.05. The van der Waals surface area contributed by atoms with Gasteiger partial charge in [-0.05, 0) is 42.8 Å². The predicted octanol–water partition coefficient (Wildman–Crippen LogP) is 2.90. The number of ether oxygens (including phenoxy) is 2. The third kappa shape index (κ3) is 4.54. The zero-order chi connectivity index (χ0) is 19.1. The number of para-hydroxylation sites is 2. The third-order valence-corrected chi connectivity index (χ3v) is 4.14. The Labute approximate surface area is 158 Å². The van der Waals surface area contributed by atoms with Gasteiger partial charge in [0.25, 0.3) is 5.91 Å². The summed E-state index contributed by atoms with van der Waals surface area (Å²) in [7, 11) is 1.55. The van der Waals surface area contributed by atoms with Gasteiger partial charge in [0.1, 0.15) is 0 Å². The van der Waals surface area contributed by atoms with Gasteiger partial charge in [-0.25, -0.2) is 0 Å². The van der Waals surface area contributed by atoms with Gasteiger partial charge in [-0.15, -0.1) is 0 Å². The topological polar surface area (TPSA) is 86.5 Å². The maximum absolute atomic E-state index is 12.7. The average Bonchev–Trinajstić information content (AvgIpc) is 2.72. The average molecular weight is 365 g/mol. The van der Waals surface area contributed by atoms with Crippen LogP contribution in [0.1, 0.15) is 22.3 Å². The molecule has 6 nitrogen and oxygen atoms in total. The first kappa shape index (κ1) is 18.7. The van der Waals surface area contributed by atoms with Gasteiger partial charge in [0.15, 0.2) is 11.5 Å². The Morgan fingerprint density at radius 2 is 2.04 bits per heavy atom. The van der Waals surface area contributed by atoms with Crippen LogP contribution >= 0.6 is 0 Å². The minimum absolute atomic E-state index is 0.232. The Morgan fingerprint density at radius 3 is 2.85 bits per heavy atom. The van der Waals surface area contributed by atoms with Gasteiger partial charge in [0, 0.05) is 18.1 Å². The first-order valence-electron chi connectivity index (χ1n) is 8.84. The van der Waals surface area contributed by atoms with Gasteiger partial charge in [0.2, 0.25) is 0 Å². The van der Waals surface area contributed by atoms with Crippen molar-refractivity contribution in [1.82, 2.24) is 10.3 Å². The minimum atomic E-state index is -0.232. The summed E-state index contributed by atoms with van der Waals surface area (Å²) in [6.07, 6.45) is 2.47. The normalized spacial score (nSPS) is 10.6. The van der Waals surface area contributed by atoms with Crippen molar-refractivity contribution < 1.29 is 14.3 Å². The van der Waals surface area contributed by atoms with Crippen molar-refractivity contribution in [1.29, 1.82) is 0 Å². The van der Waals surface area contributed by atoms with E-state index in [1.807, 2.05) is 30.3 Å². The van der Waals surface area contributed by atoms with Crippen molar-refractivity contribution in [2.45, 2.75) is 13.0 Å². The second kappa shape index (κ2) is 9.00. The molecular weight excluding hydrogens is 342 g/mol. The zero-order valence-electron chi connectivity index (χ0n) is 15.3. The summed E-state index contributed by atoms with van der Waals surface area (Å²) < 4.78 is 11.1. The van der Waals surface area contributed by atoms with Crippen LogP contribution in [0.4, 0.5) is 0 Å². The molecular formula is C21H23N3O3. The van der Waals surface area contributed by atoms with E-state index in [9.17, 15) is 4.79 Å². The molecule has 6 heteroatoms. The van der Waals surface area contributed by atoms with E-state index in [0.29, 0.717) is 43.2 Å². The van der Waals surface area contributed by atoms with Crippen LogP contribution in [0, 0.1) is 0 Å². The number of fused-ring (bicyclic) bond motifs is 1. The standard InChI is InChI=1S/C21H23N3O3/c1-26-19-9-4-7-17(20(19)27-11-5-10-22)21(25)24-14-15-12-16-6-2-3-8-18(16)23-13-15/h2-4,6-9,12-13H,5,10-11,14,22H2,1H3,(H,24,25). The number of methoxy groups -OCH3 is 1. The van der Waals surface area contributed by atoms with Crippen LogP contribution in [-0.2, 0) is 6.54 Å². The van der Waals surface area contributed by atoms with Crippen molar-refractivity contribution in [2.75, 3.05) is 20.3 Å². The SMILES string of the molecule is COc1cccc(C(=O)NCc2cnc3ccccc3c2)c1OCCCN. The fourth-order valence-electron chi connectivity index (χ4n) is 2.75. The van der Waals surface area contributed by atoms with Gasteiger partial charge in [0.05, 0.1) is 24.8 Å². The fourth-order valence-corrected chi connectivity index (χ4v) is 2.75. The van der Waals surface area contributed by atoms with E-state index in [2.05, 4.69) is 10.3 Å². The smallest absolute Gasteiger partial charge is 0.255 e. The molecule has 1 aromatic heterocycles. The summed E-state index contributed by atoms with van der Waals surface area (Å²) in [5.41, 5.74) is 7.80. The molecule has 3 aromatic rings. The van der Waals surface area contributed by atoms with Crippen LogP contribution < -0.4 is 20.5 Å². The Morgan fingerprint density at radius 1 is 1.19 bits per heavy atom. The lowest BCUT2D eigenvalue weighted by Gasteiger charge is -2.15. The quantitative estimate of drug-likeness (QED) is 0.600. The summed E-state index contributed by atoms with van der Waals surface area (Å²) in [6.45, 7) is 1.31. The van der Waals surface area contributed by atoms with Crippen LogP contribution in [0.5, 0.6) is 11.5 Å². The molecule has 140 valence electrons. The maximum atomic E-state index is 12.7. The van der Waals surface area contributed by atoms with Crippen LogP contribution in [-0.4, -0.2) is 31.2 Å². The lowest BCUT2D eigenvalue weighted by Crippen LogP contribution is -2.24. The molecule has 0 saturated heterocycles. The largest absolute Gasteiger partial charge is 0.493 e. The lowest BCUT2D eigenvalue weighted by atomic mass is 10.1. The predicted molar refractivity (Wildman–Crippen MR) is 105 cm³/mol. The summed E-state index contributed by atoms with van der Waals surface area (Å²) >= 11 is 0. The number of carbonyl (C=O) groups is 1. The second-order valence-corrected chi connectivity index (χ2v) is 6.05. The minimum Gasteiger partial charge on any atom is -0.493 e. The van der Waals surface area contributed by atoms with E-state index in [0.717, 1.165) is 16.5 Å². The molecule has 3 N–H and O–H groups in total. The van der Waals surface area contributed by atoms with E-state index in [1.165, 1.54) is 0 Å². The molecule has 3 rings (SSSR count). The number of nitrogens with one attached hydrogen (secondary N) is 1. The van der Waals surface area contributed by atoms with Gasteiger partial charge in [-0.2, -0.15) is 0 Å². The molecule has 0 atom stereocenters. The van der Waals surface area contributed by atoms with Crippen molar-refractivity contribution >= 4 is 16.8 Å². The first-order valence-corrected chi connectivity index (χ1v) is 8.84. The number of benzene rings is 2. The molecule has 0 spiro atoms. The molecule has 2 aromatic carbocycles. The van der Waals surface area contributed by atoms with Gasteiger partial charge in [-0.3, -0.25) is 9.78 Å². The molecule has 0 aliphatic heterocycles. The highest BCUT2D eigenvalue weighted by atomic mass is 16.5. The number of amides is 1. The number of carbonyl (C=O) groups excluding carboxylic acids is 1. The number of hydrogen-bond donors (Lipinski definition) is 2. The molecule has 1 amide bonds. The lowest BCUT2D eigenvalue weighted by molar-refractivity contribution is 0.0946. The highest BCUT2D eigenvalue weighted by molar-refractivity contribution is 5.97. The Hall–Kier alpha value is -3.12. The summed E-state index contributed by atoms with van der Waals surface area (Å²) in [4.78, 5) is 17.1. The highest BCUT2D eigenvalue weighted by Crippen LogP contribution is 2.31. The van der Waals surface area contributed by atoms with Crippen LogP contribution in [0.2, 0.25) is 0 Å². The van der Waals surface area contributed by atoms with Crippen molar-refractivity contribution in [3.05, 3.63) is 65.9 Å². The van der Waals surface area contributed by atoms with Gasteiger partial charge in [-0.1, -0.05) is 24.3 Å². The molecule has 0 aliphatic carbocycles. The van der Waals surface area contributed by atoms with E-state index in [-0.39, 0.29) is 5.91 Å². The van der Waals surface area contributed by atoms with Gasteiger partial charge >= 0.3 is 0 Å². The molecule has 0 radical (unpaired) electrons. The monoisotopic (exact) mass is 365 g/mol. The highest BCUT2D eigenvalue weighted by Gasteiger charge is 2.17. The van der Waals surface area contributed by atoms with E-state index >= 15 is 0 Å². The Kier molecular flexibility index (Phi) is 6.22. The summed E-state index contributed by atoms with van der Waals surface area (Å²) in [6, 6.07) is 15.1. The van der Waals surface area contributed by atoms with Crippen molar-refractivity contribution in [3.63, 3.8) is 0 Å². The Balaban J connectivity index is 1.74. The molecule has 0 fully saturated rings. The molecule has 0 bridgehead atoms. The number of rotatable bonds is 8. The molecule has 0 saturated carbocycles. The molecule has 0 aliphatic rings. The molecule has 1 heterocycles. The summed E-state index contributed by atoms with van der Waals surface area (Å²) in [5.74, 6) is 0.722. The van der Waals surface area contributed by atoms with E-state index in [4.69, 9.17) is 15.2 Å². The Bertz CT molecular complexity index is 927. The van der Waals surface area contributed by atoms with Crippen molar-refractivity contribution in [2.24, 2.45) is 5.73 Å². The van der Waals surface area contributed by atoms with Gasteiger partial charge < -0.3 is 20.5 Å².